The van der Waals surface area contributed by atoms with Gasteiger partial charge in [0.1, 0.15) is 5.82 Å². The van der Waals surface area contributed by atoms with Gasteiger partial charge in [0.2, 0.25) is 10.0 Å². The lowest BCUT2D eigenvalue weighted by Crippen LogP contribution is -2.27. The van der Waals surface area contributed by atoms with Crippen LogP contribution in [0.1, 0.15) is 11.1 Å². The van der Waals surface area contributed by atoms with Crippen LogP contribution in [0.3, 0.4) is 0 Å². The minimum Gasteiger partial charge on any atom is -0.493 e. The Hall–Kier alpha value is -2.12. The molecule has 2 rings (SSSR count). The first kappa shape index (κ1) is 18.2. The Balaban J connectivity index is 2.37. The van der Waals surface area contributed by atoms with Crippen LogP contribution >= 0.6 is 0 Å². The van der Waals surface area contributed by atoms with Crippen LogP contribution in [-0.4, -0.2) is 34.0 Å². The predicted molar refractivity (Wildman–Crippen MR) is 89.3 cm³/mol. The summed E-state index contributed by atoms with van der Waals surface area (Å²) in [6.07, 6.45) is 0. The number of halogens is 1. The number of ether oxygens (including phenoxy) is 2. The minimum absolute atomic E-state index is 0.135. The van der Waals surface area contributed by atoms with Crippen molar-refractivity contribution in [3.63, 3.8) is 0 Å². The molecular weight excluding hydrogens is 333 g/mol. The van der Waals surface area contributed by atoms with E-state index in [-0.39, 0.29) is 17.3 Å². The Morgan fingerprint density at radius 1 is 1.04 bits per heavy atom. The zero-order chi connectivity index (χ0) is 17.9. The lowest BCUT2D eigenvalue weighted by molar-refractivity contribution is 0.353. The number of rotatable bonds is 6. The average Bonchev–Trinajstić information content (AvgIpc) is 2.56. The number of benzene rings is 2. The summed E-state index contributed by atoms with van der Waals surface area (Å²) < 4.78 is 50.3. The maximum Gasteiger partial charge on any atom is 0.243 e. The van der Waals surface area contributed by atoms with E-state index in [9.17, 15) is 12.8 Å². The minimum atomic E-state index is -3.73. The quantitative estimate of drug-likeness (QED) is 0.801. The molecule has 0 N–H and O–H groups in total. The molecule has 0 bridgehead atoms. The van der Waals surface area contributed by atoms with Crippen LogP contribution in [0, 0.1) is 12.7 Å². The van der Waals surface area contributed by atoms with Gasteiger partial charge in [0.05, 0.1) is 19.1 Å². The first-order chi connectivity index (χ1) is 11.3. The molecule has 0 aromatic heterocycles. The van der Waals surface area contributed by atoms with Crippen molar-refractivity contribution in [3.8, 4) is 11.5 Å². The monoisotopic (exact) mass is 353 g/mol. The predicted octanol–water partition coefficient (Wildman–Crippen LogP) is 2.97. The highest BCUT2D eigenvalue weighted by Crippen LogP contribution is 2.33. The topological polar surface area (TPSA) is 55.8 Å². The lowest BCUT2D eigenvalue weighted by atomic mass is 10.2. The van der Waals surface area contributed by atoms with Crippen molar-refractivity contribution in [2.75, 3.05) is 21.3 Å². The van der Waals surface area contributed by atoms with Crippen LogP contribution in [0.5, 0.6) is 11.5 Å². The van der Waals surface area contributed by atoms with E-state index in [1.165, 1.54) is 43.8 Å². The molecule has 0 amide bonds. The Labute approximate surface area is 141 Å². The van der Waals surface area contributed by atoms with E-state index < -0.39 is 10.0 Å². The molecule has 0 aliphatic carbocycles. The van der Waals surface area contributed by atoms with Gasteiger partial charge in [-0.25, -0.2) is 12.8 Å². The molecule has 0 heterocycles. The third kappa shape index (κ3) is 3.68. The van der Waals surface area contributed by atoms with Crippen molar-refractivity contribution in [1.82, 2.24) is 4.31 Å². The van der Waals surface area contributed by atoms with E-state index in [2.05, 4.69) is 0 Å². The molecule has 24 heavy (non-hydrogen) atoms. The molecule has 2 aromatic rings. The fraction of sp³-hybridized carbons (Fsp3) is 0.294. The maximum absolute atomic E-state index is 13.0. The summed E-state index contributed by atoms with van der Waals surface area (Å²) in [7, 11) is 0.692. The highest BCUT2D eigenvalue weighted by Gasteiger charge is 2.25. The second-order valence-corrected chi connectivity index (χ2v) is 7.37. The Morgan fingerprint density at radius 3 is 2.12 bits per heavy atom. The number of hydrogen-bond acceptors (Lipinski definition) is 4. The summed E-state index contributed by atoms with van der Waals surface area (Å²) in [4.78, 5) is 0.143. The Morgan fingerprint density at radius 2 is 1.58 bits per heavy atom. The second kappa shape index (κ2) is 7.19. The molecule has 0 spiro atoms. The first-order valence-electron chi connectivity index (χ1n) is 7.23. The standard InChI is InChI=1S/C17H20FNO4S/c1-12-9-15(22-3)16(23-4)10-17(12)24(20,21)19(2)11-13-5-7-14(18)8-6-13/h5-10H,11H2,1-4H3. The third-order valence-electron chi connectivity index (χ3n) is 3.69. The van der Waals surface area contributed by atoms with Crippen molar-refractivity contribution in [2.45, 2.75) is 18.4 Å². The van der Waals surface area contributed by atoms with Crippen LogP contribution < -0.4 is 9.47 Å². The van der Waals surface area contributed by atoms with Gasteiger partial charge in [-0.05, 0) is 36.2 Å². The number of nitrogens with zero attached hydrogens (tertiary/aromatic N) is 1. The molecule has 0 saturated carbocycles. The highest BCUT2D eigenvalue weighted by atomic mass is 32.2. The zero-order valence-corrected chi connectivity index (χ0v) is 14.9. The smallest absolute Gasteiger partial charge is 0.243 e. The summed E-state index contributed by atoms with van der Waals surface area (Å²) in [5.74, 6) is 0.451. The van der Waals surface area contributed by atoms with Crippen molar-refractivity contribution in [2.24, 2.45) is 0 Å². The van der Waals surface area contributed by atoms with Crippen molar-refractivity contribution in [3.05, 3.63) is 53.3 Å². The van der Waals surface area contributed by atoms with E-state index in [4.69, 9.17) is 9.47 Å². The van der Waals surface area contributed by atoms with Gasteiger partial charge >= 0.3 is 0 Å². The molecule has 0 atom stereocenters. The molecule has 130 valence electrons. The van der Waals surface area contributed by atoms with Crippen LogP contribution in [-0.2, 0) is 16.6 Å². The van der Waals surface area contributed by atoms with Gasteiger partial charge in [-0.15, -0.1) is 0 Å². The van der Waals surface area contributed by atoms with Crippen molar-refractivity contribution >= 4 is 10.0 Å². The lowest BCUT2D eigenvalue weighted by Gasteiger charge is -2.20. The largest absolute Gasteiger partial charge is 0.493 e. The summed E-state index contributed by atoms with van der Waals surface area (Å²) >= 11 is 0. The fourth-order valence-electron chi connectivity index (χ4n) is 2.34. The molecule has 2 aromatic carbocycles. The van der Waals surface area contributed by atoms with Gasteiger partial charge in [-0.1, -0.05) is 12.1 Å². The number of methoxy groups -OCH3 is 2. The average molecular weight is 353 g/mol. The van der Waals surface area contributed by atoms with Crippen LogP contribution in [0.2, 0.25) is 0 Å². The highest BCUT2D eigenvalue weighted by molar-refractivity contribution is 7.89. The third-order valence-corrected chi connectivity index (χ3v) is 5.63. The van der Waals surface area contributed by atoms with Crippen molar-refractivity contribution < 1.29 is 22.3 Å². The zero-order valence-electron chi connectivity index (χ0n) is 14.0. The van der Waals surface area contributed by atoms with Crippen LogP contribution in [0.15, 0.2) is 41.3 Å². The number of aryl methyl sites for hydroxylation is 1. The summed E-state index contributed by atoms with van der Waals surface area (Å²) in [5.41, 5.74) is 1.25. The first-order valence-corrected chi connectivity index (χ1v) is 8.67. The van der Waals surface area contributed by atoms with Gasteiger partial charge < -0.3 is 9.47 Å². The van der Waals surface area contributed by atoms with E-state index in [0.717, 1.165) is 0 Å². The van der Waals surface area contributed by atoms with Gasteiger partial charge in [-0.2, -0.15) is 4.31 Å². The number of sulfonamides is 1. The maximum atomic E-state index is 13.0. The molecule has 0 fully saturated rings. The Kier molecular flexibility index (Phi) is 5.46. The molecule has 5 nitrogen and oxygen atoms in total. The van der Waals surface area contributed by atoms with E-state index in [1.54, 1.807) is 25.1 Å². The van der Waals surface area contributed by atoms with Gasteiger partial charge in [0.15, 0.2) is 11.5 Å². The van der Waals surface area contributed by atoms with Gasteiger partial charge in [0.25, 0.3) is 0 Å². The van der Waals surface area contributed by atoms with E-state index >= 15 is 0 Å². The summed E-state index contributed by atoms with van der Waals surface area (Å²) in [6, 6.07) is 8.79. The molecule has 0 saturated heterocycles. The van der Waals surface area contributed by atoms with Gasteiger partial charge in [-0.3, -0.25) is 0 Å². The molecule has 0 unspecified atom stereocenters. The molecule has 0 aliphatic rings. The van der Waals surface area contributed by atoms with Crippen LogP contribution in [0.4, 0.5) is 4.39 Å². The summed E-state index contributed by atoms with van der Waals surface area (Å²) in [5, 5.41) is 0. The molecule has 0 aliphatic heterocycles. The number of hydrogen-bond donors (Lipinski definition) is 0. The SMILES string of the molecule is COc1cc(C)c(S(=O)(=O)N(C)Cc2ccc(F)cc2)cc1OC. The van der Waals surface area contributed by atoms with Gasteiger partial charge in [0, 0.05) is 19.7 Å². The van der Waals surface area contributed by atoms with E-state index in [0.29, 0.717) is 22.6 Å². The molecule has 7 heteroatoms. The van der Waals surface area contributed by atoms with E-state index in [1.807, 2.05) is 0 Å². The second-order valence-electron chi connectivity index (χ2n) is 5.36. The molecule has 0 radical (unpaired) electrons. The molecular formula is C17H20FNO4S. The fourth-order valence-corrected chi connectivity index (χ4v) is 3.72. The summed E-state index contributed by atoms with van der Waals surface area (Å²) in [6.45, 7) is 1.83. The van der Waals surface area contributed by atoms with Crippen LogP contribution in [0.25, 0.3) is 0 Å². The Bertz CT molecular complexity index is 819. The van der Waals surface area contributed by atoms with Crippen molar-refractivity contribution in [1.29, 1.82) is 0 Å². The normalized spacial score (nSPS) is 11.6.